The number of benzene rings is 2. The number of pyridine rings is 1. The lowest BCUT2D eigenvalue weighted by molar-refractivity contribution is -0.126. The van der Waals surface area contributed by atoms with Crippen molar-refractivity contribution < 1.29 is 33.0 Å². The summed E-state index contributed by atoms with van der Waals surface area (Å²) in [4.78, 5) is 44.3. The first kappa shape index (κ1) is 37.9. The summed E-state index contributed by atoms with van der Waals surface area (Å²) in [6, 6.07) is 13.2. The van der Waals surface area contributed by atoms with Gasteiger partial charge in [0.1, 0.15) is 22.9 Å². The van der Waals surface area contributed by atoms with Gasteiger partial charge in [0.25, 0.3) is 5.91 Å². The Labute approximate surface area is 283 Å². The SMILES string of the molecule is CCCCSCC(NC(=O)c1cccnc1)C(=O)N[C@@H](Cc1cc(F)cc(F)c1)[C@@H](O)[C@@H](SCCOC)C(=O)NCc1ccccc1. The van der Waals surface area contributed by atoms with Gasteiger partial charge in [-0.3, -0.25) is 19.4 Å². The van der Waals surface area contributed by atoms with E-state index in [-0.39, 0.29) is 29.8 Å². The van der Waals surface area contributed by atoms with Crippen LogP contribution < -0.4 is 16.0 Å². The minimum absolute atomic E-state index is 0.172. The maximum absolute atomic E-state index is 14.2. The van der Waals surface area contributed by atoms with Gasteiger partial charge in [-0.1, -0.05) is 43.7 Å². The van der Waals surface area contributed by atoms with Crippen LogP contribution in [-0.2, 0) is 27.3 Å². The number of carbonyl (C=O) groups is 3. The largest absolute Gasteiger partial charge is 0.389 e. The predicted molar refractivity (Wildman–Crippen MR) is 182 cm³/mol. The minimum atomic E-state index is -1.50. The van der Waals surface area contributed by atoms with Crippen molar-refractivity contribution in [3.8, 4) is 0 Å². The number of aliphatic hydroxyl groups excluding tert-OH is 1. The fourth-order valence-corrected chi connectivity index (χ4v) is 6.85. The van der Waals surface area contributed by atoms with Gasteiger partial charge < -0.3 is 25.8 Å². The quantitative estimate of drug-likeness (QED) is 0.131. The number of thioether (sulfide) groups is 2. The van der Waals surface area contributed by atoms with Crippen molar-refractivity contribution in [1.29, 1.82) is 0 Å². The number of aliphatic hydroxyl groups is 1. The maximum Gasteiger partial charge on any atom is 0.253 e. The third-order valence-electron chi connectivity index (χ3n) is 7.05. The van der Waals surface area contributed by atoms with Gasteiger partial charge in [-0.05, 0) is 54.0 Å². The molecule has 4 atom stereocenters. The van der Waals surface area contributed by atoms with Crippen molar-refractivity contribution in [3.05, 3.63) is 101 Å². The second-order valence-corrected chi connectivity index (χ2v) is 13.2. The zero-order valence-corrected chi connectivity index (χ0v) is 28.1. The van der Waals surface area contributed by atoms with Gasteiger partial charge in [0.05, 0.1) is 24.3 Å². The Balaban J connectivity index is 1.89. The van der Waals surface area contributed by atoms with Crippen LogP contribution in [0.3, 0.4) is 0 Å². The first-order chi connectivity index (χ1) is 22.7. The lowest BCUT2D eigenvalue weighted by atomic mass is 9.97. The van der Waals surface area contributed by atoms with E-state index in [9.17, 15) is 28.3 Å². The number of amides is 3. The first-order valence-electron chi connectivity index (χ1n) is 15.4. The van der Waals surface area contributed by atoms with E-state index < -0.39 is 52.8 Å². The van der Waals surface area contributed by atoms with Crippen LogP contribution in [0.5, 0.6) is 0 Å². The predicted octanol–water partition coefficient (Wildman–Crippen LogP) is 4.14. The fourth-order valence-electron chi connectivity index (χ4n) is 4.58. The average Bonchev–Trinajstić information content (AvgIpc) is 3.06. The fraction of sp³-hybridized carbons (Fsp3) is 0.412. The molecule has 3 amide bonds. The Hall–Kier alpha value is -3.52. The Morgan fingerprint density at radius 1 is 0.957 bits per heavy atom. The van der Waals surface area contributed by atoms with Gasteiger partial charge in [-0.15, -0.1) is 11.8 Å². The number of carbonyl (C=O) groups excluding carboxylic acids is 3. The van der Waals surface area contributed by atoms with Crippen LogP contribution in [0.1, 0.15) is 41.3 Å². The van der Waals surface area contributed by atoms with Crippen LogP contribution in [0.25, 0.3) is 0 Å². The molecule has 13 heteroatoms. The lowest BCUT2D eigenvalue weighted by Crippen LogP contribution is -2.57. The van der Waals surface area contributed by atoms with Gasteiger partial charge >= 0.3 is 0 Å². The van der Waals surface area contributed by atoms with Crippen molar-refractivity contribution in [2.75, 3.05) is 31.0 Å². The van der Waals surface area contributed by atoms with E-state index in [1.165, 1.54) is 31.3 Å². The number of rotatable bonds is 20. The summed E-state index contributed by atoms with van der Waals surface area (Å²) in [6.07, 6.45) is 3.10. The van der Waals surface area contributed by atoms with Crippen LogP contribution in [0.2, 0.25) is 0 Å². The Kier molecular flexibility index (Phi) is 16.7. The molecule has 3 rings (SSSR count). The normalized spacial score (nSPS) is 13.6. The Morgan fingerprint density at radius 3 is 2.36 bits per heavy atom. The second-order valence-electron chi connectivity index (χ2n) is 10.8. The molecule has 0 spiro atoms. The zero-order valence-electron chi connectivity index (χ0n) is 26.5. The highest BCUT2D eigenvalue weighted by atomic mass is 32.2. The van der Waals surface area contributed by atoms with Crippen LogP contribution in [0.15, 0.2) is 73.1 Å². The van der Waals surface area contributed by atoms with E-state index in [0.717, 1.165) is 54.1 Å². The molecule has 0 saturated carbocycles. The van der Waals surface area contributed by atoms with Crippen molar-refractivity contribution in [2.45, 2.75) is 56.2 Å². The van der Waals surface area contributed by atoms with Crippen LogP contribution >= 0.6 is 23.5 Å². The molecule has 254 valence electrons. The molecular formula is C34H42F2N4O5S2. The molecule has 0 aliphatic rings. The van der Waals surface area contributed by atoms with Crippen molar-refractivity contribution in [2.24, 2.45) is 0 Å². The molecule has 4 N–H and O–H groups in total. The number of halogens is 2. The smallest absolute Gasteiger partial charge is 0.253 e. The summed E-state index contributed by atoms with van der Waals surface area (Å²) in [5.41, 5.74) is 1.29. The zero-order chi connectivity index (χ0) is 34.0. The summed E-state index contributed by atoms with van der Waals surface area (Å²) in [5.74, 6) is -1.89. The molecule has 1 aromatic heterocycles. The van der Waals surface area contributed by atoms with Crippen molar-refractivity contribution in [3.63, 3.8) is 0 Å². The van der Waals surface area contributed by atoms with Gasteiger partial charge in [0.15, 0.2) is 0 Å². The number of nitrogens with one attached hydrogen (secondary N) is 3. The second kappa shape index (κ2) is 20.7. The van der Waals surface area contributed by atoms with Gasteiger partial charge in [-0.2, -0.15) is 11.8 Å². The number of hydrogen-bond acceptors (Lipinski definition) is 8. The van der Waals surface area contributed by atoms with E-state index in [1.54, 1.807) is 12.1 Å². The summed E-state index contributed by atoms with van der Waals surface area (Å²) in [6.45, 7) is 2.55. The number of aromatic nitrogens is 1. The summed E-state index contributed by atoms with van der Waals surface area (Å²) in [7, 11) is 1.52. The highest BCUT2D eigenvalue weighted by Crippen LogP contribution is 2.22. The van der Waals surface area contributed by atoms with Crippen LogP contribution in [0.4, 0.5) is 8.78 Å². The minimum Gasteiger partial charge on any atom is -0.389 e. The molecule has 1 heterocycles. The standard InChI is InChI=1S/C34H42F2N4O5S2/c1-3-4-14-46-22-29(40-32(42)25-11-8-12-37-21-25)33(43)39-28(18-24-16-26(35)19-27(36)17-24)30(41)31(47-15-13-45-2)34(44)38-20-23-9-6-5-7-10-23/h5-12,16-17,19,21,28-31,41H,3-4,13-15,18,20,22H2,1-2H3,(H,38,44)(H,39,43)(H,40,42)/t28-,29?,30+,31+/m0/s1. The van der Waals surface area contributed by atoms with E-state index in [4.69, 9.17) is 4.74 Å². The van der Waals surface area contributed by atoms with Crippen molar-refractivity contribution >= 4 is 41.2 Å². The maximum atomic E-state index is 14.2. The Morgan fingerprint density at radius 2 is 1.70 bits per heavy atom. The molecule has 0 aliphatic carbocycles. The third kappa shape index (κ3) is 13.3. The third-order valence-corrected chi connectivity index (χ3v) is 9.45. The molecule has 3 aromatic rings. The van der Waals surface area contributed by atoms with E-state index in [2.05, 4.69) is 20.9 Å². The summed E-state index contributed by atoms with van der Waals surface area (Å²) < 4.78 is 33.6. The average molecular weight is 689 g/mol. The molecule has 47 heavy (non-hydrogen) atoms. The monoisotopic (exact) mass is 688 g/mol. The van der Waals surface area contributed by atoms with Gasteiger partial charge in [0, 0.05) is 43.6 Å². The molecule has 0 radical (unpaired) electrons. The first-order valence-corrected chi connectivity index (χ1v) is 17.6. The van der Waals surface area contributed by atoms with E-state index >= 15 is 0 Å². The Bertz CT molecular complexity index is 1390. The summed E-state index contributed by atoms with van der Waals surface area (Å²) in [5, 5.41) is 19.1. The number of unbranched alkanes of at least 4 members (excludes halogenated alkanes) is 1. The topological polar surface area (TPSA) is 130 Å². The number of methoxy groups -OCH3 is 1. The molecule has 9 nitrogen and oxygen atoms in total. The number of ether oxygens (including phenoxy) is 1. The van der Waals surface area contributed by atoms with Crippen LogP contribution in [-0.4, -0.2) is 82.2 Å². The number of nitrogens with zero attached hydrogens (tertiary/aromatic N) is 1. The molecule has 0 fully saturated rings. The molecule has 0 bridgehead atoms. The van der Waals surface area contributed by atoms with E-state index in [1.807, 2.05) is 37.3 Å². The molecule has 2 aromatic carbocycles. The van der Waals surface area contributed by atoms with Gasteiger partial charge in [0.2, 0.25) is 11.8 Å². The van der Waals surface area contributed by atoms with Gasteiger partial charge in [-0.25, -0.2) is 8.78 Å². The molecule has 0 saturated heterocycles. The summed E-state index contributed by atoms with van der Waals surface area (Å²) >= 11 is 2.63. The molecule has 0 aliphatic heterocycles. The van der Waals surface area contributed by atoms with Crippen LogP contribution in [0, 0.1) is 11.6 Å². The highest BCUT2D eigenvalue weighted by Gasteiger charge is 2.36. The highest BCUT2D eigenvalue weighted by molar-refractivity contribution is 8.00. The number of hydrogen-bond donors (Lipinski definition) is 4. The van der Waals surface area contributed by atoms with Crippen molar-refractivity contribution in [1.82, 2.24) is 20.9 Å². The molecule has 1 unspecified atom stereocenters. The molecular weight excluding hydrogens is 647 g/mol. The van der Waals surface area contributed by atoms with E-state index in [0.29, 0.717) is 12.4 Å². The lowest BCUT2D eigenvalue weighted by Gasteiger charge is -2.31.